The molecule has 0 bridgehead atoms. The number of hydrogen-bond donors (Lipinski definition) is 2. The van der Waals surface area contributed by atoms with Crippen molar-refractivity contribution in [3.05, 3.63) is 12.5 Å². The second kappa shape index (κ2) is 5.17. The van der Waals surface area contributed by atoms with Crippen LogP contribution in [-0.2, 0) is 4.74 Å². The zero-order valence-corrected chi connectivity index (χ0v) is 12.7. The van der Waals surface area contributed by atoms with Gasteiger partial charge in [-0.25, -0.2) is 9.97 Å². The molecule has 2 aromatic rings. The molecule has 1 aliphatic heterocycles. The lowest BCUT2D eigenvalue weighted by Gasteiger charge is -2.56. The number of fused-ring (bicyclic) bond motifs is 1. The minimum absolute atomic E-state index is 0.0605. The minimum atomic E-state index is -0.231. The van der Waals surface area contributed by atoms with Crippen molar-refractivity contribution >= 4 is 16.9 Å². The van der Waals surface area contributed by atoms with Gasteiger partial charge in [0.1, 0.15) is 12.1 Å². The van der Waals surface area contributed by atoms with Crippen molar-refractivity contribution in [2.75, 3.05) is 24.6 Å². The Morgan fingerprint density at radius 3 is 2.95 bits per heavy atom. The molecule has 1 spiro atoms. The highest BCUT2D eigenvalue weighted by Crippen LogP contribution is 2.51. The van der Waals surface area contributed by atoms with Gasteiger partial charge in [0, 0.05) is 31.5 Å². The van der Waals surface area contributed by atoms with E-state index in [1.165, 1.54) is 0 Å². The van der Waals surface area contributed by atoms with Crippen molar-refractivity contribution in [2.24, 2.45) is 5.41 Å². The Balaban J connectivity index is 1.53. The average molecular weight is 303 g/mol. The molecule has 1 saturated carbocycles. The second-order valence-corrected chi connectivity index (χ2v) is 6.25. The Labute approximate surface area is 128 Å². The van der Waals surface area contributed by atoms with E-state index in [2.05, 4.69) is 25.1 Å². The number of aliphatic hydroxyl groups excluding tert-OH is 1. The van der Waals surface area contributed by atoms with Crippen LogP contribution >= 0.6 is 0 Å². The summed E-state index contributed by atoms with van der Waals surface area (Å²) in [5.41, 5.74) is 0.704. The number of anilines is 1. The average Bonchev–Trinajstić information content (AvgIpc) is 3.03. The Hall–Kier alpha value is -1.73. The largest absolute Gasteiger partial charge is 0.392 e. The highest BCUT2D eigenvalue weighted by atomic mass is 16.5. The van der Waals surface area contributed by atoms with Crippen LogP contribution in [0.3, 0.4) is 0 Å². The van der Waals surface area contributed by atoms with Crippen LogP contribution in [0, 0.1) is 5.41 Å². The predicted octanol–water partition coefficient (Wildman–Crippen LogP) is 1.11. The summed E-state index contributed by atoms with van der Waals surface area (Å²) in [5, 5.41) is 18.2. The van der Waals surface area contributed by atoms with Gasteiger partial charge in [0.05, 0.1) is 23.8 Å². The van der Waals surface area contributed by atoms with Gasteiger partial charge in [-0.2, -0.15) is 5.10 Å². The summed E-state index contributed by atoms with van der Waals surface area (Å²) in [6.45, 7) is 4.48. The maximum absolute atomic E-state index is 10.3. The van der Waals surface area contributed by atoms with E-state index in [9.17, 15) is 5.11 Å². The van der Waals surface area contributed by atoms with Crippen LogP contribution in [0.25, 0.3) is 11.0 Å². The van der Waals surface area contributed by atoms with E-state index in [1.807, 2.05) is 6.92 Å². The minimum Gasteiger partial charge on any atom is -0.392 e. The van der Waals surface area contributed by atoms with Crippen molar-refractivity contribution in [1.29, 1.82) is 0 Å². The van der Waals surface area contributed by atoms with E-state index in [-0.39, 0.29) is 17.6 Å². The number of piperidine rings is 1. The summed E-state index contributed by atoms with van der Waals surface area (Å²) in [6.07, 6.45) is 5.95. The molecule has 118 valence electrons. The topological polar surface area (TPSA) is 87.2 Å². The number of H-pyrrole nitrogens is 1. The number of nitrogens with zero attached hydrogens (tertiary/aromatic N) is 4. The maximum atomic E-state index is 10.3. The van der Waals surface area contributed by atoms with Gasteiger partial charge in [0.2, 0.25) is 0 Å². The molecule has 1 aliphatic carbocycles. The Bertz CT molecular complexity index is 663. The normalized spacial score (nSPS) is 27.3. The Morgan fingerprint density at radius 1 is 1.41 bits per heavy atom. The number of aromatic amines is 1. The molecule has 3 heterocycles. The monoisotopic (exact) mass is 303 g/mol. The molecule has 22 heavy (non-hydrogen) atoms. The summed E-state index contributed by atoms with van der Waals surface area (Å²) in [6, 6.07) is 0. The first kappa shape index (κ1) is 13.9. The maximum Gasteiger partial charge on any atom is 0.160 e. The molecule has 0 amide bonds. The van der Waals surface area contributed by atoms with Gasteiger partial charge in [-0.05, 0) is 19.8 Å². The lowest BCUT2D eigenvalue weighted by molar-refractivity contribution is -0.199. The number of ether oxygens (including phenoxy) is 1. The van der Waals surface area contributed by atoms with Crippen LogP contribution < -0.4 is 4.90 Å². The zero-order valence-electron chi connectivity index (χ0n) is 12.7. The lowest BCUT2D eigenvalue weighted by Crippen LogP contribution is -2.62. The van der Waals surface area contributed by atoms with Gasteiger partial charge >= 0.3 is 0 Å². The summed E-state index contributed by atoms with van der Waals surface area (Å²) < 4.78 is 5.82. The Morgan fingerprint density at radius 2 is 2.23 bits per heavy atom. The van der Waals surface area contributed by atoms with Crippen molar-refractivity contribution in [3.8, 4) is 0 Å². The van der Waals surface area contributed by atoms with Crippen molar-refractivity contribution in [3.63, 3.8) is 0 Å². The van der Waals surface area contributed by atoms with Crippen LogP contribution in [0.4, 0.5) is 5.82 Å². The number of rotatable bonds is 3. The first-order valence-corrected chi connectivity index (χ1v) is 7.93. The summed E-state index contributed by atoms with van der Waals surface area (Å²) >= 11 is 0. The molecule has 1 saturated heterocycles. The van der Waals surface area contributed by atoms with Gasteiger partial charge in [0.25, 0.3) is 0 Å². The van der Waals surface area contributed by atoms with Crippen LogP contribution in [0.5, 0.6) is 0 Å². The lowest BCUT2D eigenvalue weighted by atomic mass is 9.58. The van der Waals surface area contributed by atoms with Crippen molar-refractivity contribution in [1.82, 2.24) is 20.2 Å². The number of nitrogens with one attached hydrogen (secondary N) is 1. The van der Waals surface area contributed by atoms with Gasteiger partial charge in [-0.3, -0.25) is 5.10 Å². The van der Waals surface area contributed by atoms with E-state index < -0.39 is 0 Å². The standard InChI is InChI=1S/C15H21N5O2/c1-2-22-12-7-11(21)15(12)3-5-20(6-4-15)14-10-8-18-19-13(10)16-9-17-14/h8-9,11-12,21H,2-7H2,1H3,(H,16,17,18,19)/t11-,12-/m1/s1. The van der Waals surface area contributed by atoms with Gasteiger partial charge in [-0.1, -0.05) is 0 Å². The third kappa shape index (κ3) is 1.92. The highest BCUT2D eigenvalue weighted by Gasteiger charge is 2.56. The molecule has 4 rings (SSSR count). The van der Waals surface area contributed by atoms with Crippen LogP contribution in [0.15, 0.2) is 12.5 Å². The number of hydrogen-bond acceptors (Lipinski definition) is 6. The van der Waals surface area contributed by atoms with Crippen LogP contribution in [0.2, 0.25) is 0 Å². The number of aliphatic hydroxyl groups is 1. The molecule has 2 aliphatic rings. The van der Waals surface area contributed by atoms with E-state index in [0.29, 0.717) is 6.61 Å². The summed E-state index contributed by atoms with van der Waals surface area (Å²) in [7, 11) is 0. The second-order valence-electron chi connectivity index (χ2n) is 6.25. The molecule has 2 atom stereocenters. The highest BCUT2D eigenvalue weighted by molar-refractivity contribution is 5.86. The fraction of sp³-hybridized carbons (Fsp3) is 0.667. The van der Waals surface area contributed by atoms with E-state index in [0.717, 1.165) is 49.2 Å². The molecule has 2 N–H and O–H groups in total. The molecule has 7 heteroatoms. The molecular weight excluding hydrogens is 282 g/mol. The fourth-order valence-electron chi connectivity index (χ4n) is 3.96. The van der Waals surface area contributed by atoms with Crippen LogP contribution in [0.1, 0.15) is 26.2 Å². The Kier molecular flexibility index (Phi) is 3.27. The van der Waals surface area contributed by atoms with Gasteiger partial charge in [0.15, 0.2) is 5.65 Å². The molecule has 0 radical (unpaired) electrons. The van der Waals surface area contributed by atoms with E-state index in [4.69, 9.17) is 4.74 Å². The van der Waals surface area contributed by atoms with E-state index >= 15 is 0 Å². The molecule has 0 unspecified atom stereocenters. The summed E-state index contributed by atoms with van der Waals surface area (Å²) in [4.78, 5) is 10.9. The third-order valence-corrected chi connectivity index (χ3v) is 5.33. The fourth-order valence-corrected chi connectivity index (χ4v) is 3.96. The van der Waals surface area contributed by atoms with Crippen LogP contribution in [-0.4, -0.2) is 57.2 Å². The summed E-state index contributed by atoms with van der Waals surface area (Å²) in [5.74, 6) is 0.926. The smallest absolute Gasteiger partial charge is 0.160 e. The molecule has 7 nitrogen and oxygen atoms in total. The van der Waals surface area contributed by atoms with Gasteiger partial charge in [-0.15, -0.1) is 0 Å². The predicted molar refractivity (Wildman–Crippen MR) is 81.6 cm³/mol. The third-order valence-electron chi connectivity index (χ3n) is 5.33. The zero-order chi connectivity index (χ0) is 15.2. The SMILES string of the molecule is CCO[C@@H]1C[C@@H](O)C12CCN(c1ncnc3[nH]ncc13)CC2. The molecule has 0 aromatic carbocycles. The molecule has 2 fully saturated rings. The first-order chi connectivity index (χ1) is 10.7. The van der Waals surface area contributed by atoms with E-state index in [1.54, 1.807) is 12.5 Å². The quantitative estimate of drug-likeness (QED) is 0.883. The first-order valence-electron chi connectivity index (χ1n) is 7.93. The molecular formula is C15H21N5O2. The van der Waals surface area contributed by atoms with Crippen molar-refractivity contribution < 1.29 is 9.84 Å². The molecule has 2 aromatic heterocycles. The van der Waals surface area contributed by atoms with Crippen molar-refractivity contribution in [2.45, 2.75) is 38.4 Å². The number of aromatic nitrogens is 4. The van der Waals surface area contributed by atoms with Gasteiger partial charge < -0.3 is 14.7 Å².